The van der Waals surface area contributed by atoms with Crippen LogP contribution in [0.4, 0.5) is 0 Å². The van der Waals surface area contributed by atoms with Gasteiger partial charge in [-0.3, -0.25) is 9.97 Å². The maximum atomic E-state index is 12.6. The van der Waals surface area contributed by atoms with Crippen molar-refractivity contribution in [3.8, 4) is 22.4 Å². The summed E-state index contributed by atoms with van der Waals surface area (Å²) in [4.78, 5) is 8.78. The molecule has 0 bridgehead atoms. The number of halogens is 1. The Hall–Kier alpha value is -2.24. The van der Waals surface area contributed by atoms with E-state index in [1.807, 2.05) is 49.4 Å². The molecule has 0 atom stereocenters. The fraction of sp³-hybridized carbons (Fsp3) is 0.158. The van der Waals surface area contributed by atoms with E-state index >= 15 is 0 Å². The second kappa shape index (κ2) is 6.94. The van der Waals surface area contributed by atoms with Crippen LogP contribution in [0.15, 0.2) is 59.8 Å². The number of pyridine rings is 2. The van der Waals surface area contributed by atoms with Crippen molar-refractivity contribution >= 4 is 21.4 Å². The molecule has 6 heteroatoms. The number of nitrogens with zero attached hydrogens (tertiary/aromatic N) is 2. The molecule has 2 heterocycles. The molecule has 0 saturated carbocycles. The topological polar surface area (TPSA) is 59.9 Å². The van der Waals surface area contributed by atoms with E-state index in [2.05, 4.69) is 9.97 Å². The van der Waals surface area contributed by atoms with Gasteiger partial charge in [-0.25, -0.2) is 8.42 Å². The first-order chi connectivity index (χ1) is 11.9. The quantitative estimate of drug-likeness (QED) is 0.679. The maximum absolute atomic E-state index is 12.6. The van der Waals surface area contributed by atoms with Gasteiger partial charge in [0.1, 0.15) is 4.90 Å². The van der Waals surface area contributed by atoms with E-state index in [-0.39, 0.29) is 4.90 Å². The molecule has 0 spiro atoms. The van der Waals surface area contributed by atoms with Gasteiger partial charge in [0.05, 0.1) is 10.7 Å². The van der Waals surface area contributed by atoms with Crippen molar-refractivity contribution in [3.05, 3.63) is 65.6 Å². The minimum atomic E-state index is -3.57. The Morgan fingerprint density at radius 1 is 0.960 bits per heavy atom. The lowest BCUT2D eigenvalue weighted by molar-refractivity contribution is 0.602. The largest absolute Gasteiger partial charge is 0.261 e. The lowest BCUT2D eigenvalue weighted by Crippen LogP contribution is -2.06. The predicted octanol–water partition coefficient (Wildman–Crippen LogP) is 4.43. The molecule has 4 nitrogen and oxygen atoms in total. The van der Waals surface area contributed by atoms with Crippen molar-refractivity contribution in [2.45, 2.75) is 18.2 Å². The van der Waals surface area contributed by atoms with Gasteiger partial charge in [-0.2, -0.15) is 0 Å². The SMILES string of the molecule is CCc1ccc(-c2ncc(Cl)c(-c3ccccc3)c2S(C)(=O)=O)cn1. The average Bonchev–Trinajstić information content (AvgIpc) is 2.61. The van der Waals surface area contributed by atoms with Gasteiger partial charge in [0.25, 0.3) is 0 Å². The molecule has 25 heavy (non-hydrogen) atoms. The summed E-state index contributed by atoms with van der Waals surface area (Å²) >= 11 is 6.33. The first kappa shape index (κ1) is 17.6. The Balaban J connectivity index is 2.33. The Morgan fingerprint density at radius 2 is 1.68 bits per heavy atom. The Morgan fingerprint density at radius 3 is 2.24 bits per heavy atom. The van der Waals surface area contributed by atoms with E-state index in [4.69, 9.17) is 11.6 Å². The molecular weight excluding hydrogens is 356 g/mol. The van der Waals surface area contributed by atoms with Crippen LogP contribution in [0.2, 0.25) is 5.02 Å². The summed E-state index contributed by atoms with van der Waals surface area (Å²) in [5.41, 5.74) is 3.14. The highest BCUT2D eigenvalue weighted by atomic mass is 35.5. The Bertz CT molecular complexity index is 1000. The van der Waals surface area contributed by atoms with Gasteiger partial charge in [0.2, 0.25) is 0 Å². The minimum Gasteiger partial charge on any atom is -0.261 e. The van der Waals surface area contributed by atoms with Crippen LogP contribution in [-0.2, 0) is 16.3 Å². The fourth-order valence-corrected chi connectivity index (χ4v) is 4.11. The maximum Gasteiger partial charge on any atom is 0.178 e. The van der Waals surface area contributed by atoms with E-state index in [9.17, 15) is 8.42 Å². The monoisotopic (exact) mass is 372 g/mol. The van der Waals surface area contributed by atoms with E-state index in [0.29, 0.717) is 21.8 Å². The molecule has 2 aromatic heterocycles. The first-order valence-corrected chi connectivity index (χ1v) is 10.1. The van der Waals surface area contributed by atoms with Gasteiger partial charge in [-0.15, -0.1) is 0 Å². The highest BCUT2D eigenvalue weighted by Crippen LogP contribution is 2.38. The normalized spacial score (nSPS) is 11.5. The second-order valence-corrected chi connectivity index (χ2v) is 8.05. The van der Waals surface area contributed by atoms with Crippen molar-refractivity contribution in [1.82, 2.24) is 9.97 Å². The molecule has 0 aliphatic rings. The zero-order valence-corrected chi connectivity index (χ0v) is 15.5. The lowest BCUT2D eigenvalue weighted by atomic mass is 10.0. The van der Waals surface area contributed by atoms with Crippen LogP contribution >= 0.6 is 11.6 Å². The zero-order chi connectivity index (χ0) is 18.0. The Kier molecular flexibility index (Phi) is 4.88. The molecule has 0 fully saturated rings. The van der Waals surface area contributed by atoms with Crippen LogP contribution in [0, 0.1) is 0 Å². The number of rotatable bonds is 4. The van der Waals surface area contributed by atoms with Crippen molar-refractivity contribution in [3.63, 3.8) is 0 Å². The third-order valence-corrected chi connectivity index (χ3v) is 5.31. The molecule has 0 amide bonds. The lowest BCUT2D eigenvalue weighted by Gasteiger charge is -2.15. The summed E-state index contributed by atoms with van der Waals surface area (Å²) in [5, 5.41) is 0.300. The van der Waals surface area contributed by atoms with Gasteiger partial charge in [0, 0.05) is 35.5 Å². The van der Waals surface area contributed by atoms with Gasteiger partial charge in [-0.05, 0) is 24.1 Å². The summed E-state index contributed by atoms with van der Waals surface area (Å²) in [6.45, 7) is 2.01. The number of sulfone groups is 1. The molecule has 0 unspecified atom stereocenters. The summed E-state index contributed by atoms with van der Waals surface area (Å²) in [6, 6.07) is 12.9. The molecule has 3 rings (SSSR count). The minimum absolute atomic E-state index is 0.122. The molecule has 0 radical (unpaired) electrons. The smallest absolute Gasteiger partial charge is 0.178 e. The third kappa shape index (κ3) is 3.57. The summed E-state index contributed by atoms with van der Waals surface area (Å²) in [5.74, 6) is 0. The summed E-state index contributed by atoms with van der Waals surface area (Å²) in [7, 11) is -3.57. The van der Waals surface area contributed by atoms with Crippen LogP contribution in [0.5, 0.6) is 0 Å². The van der Waals surface area contributed by atoms with Crippen molar-refractivity contribution in [2.24, 2.45) is 0 Å². The number of aryl methyl sites for hydroxylation is 1. The number of hydrogen-bond acceptors (Lipinski definition) is 4. The fourth-order valence-electron chi connectivity index (χ4n) is 2.69. The molecule has 0 saturated heterocycles. The molecule has 3 aromatic rings. The van der Waals surface area contributed by atoms with Gasteiger partial charge >= 0.3 is 0 Å². The van der Waals surface area contributed by atoms with Gasteiger partial charge in [0.15, 0.2) is 9.84 Å². The van der Waals surface area contributed by atoms with Crippen molar-refractivity contribution in [2.75, 3.05) is 6.26 Å². The van der Waals surface area contributed by atoms with Gasteiger partial charge in [-0.1, -0.05) is 48.9 Å². The molecular formula is C19H17ClN2O2S. The van der Waals surface area contributed by atoms with E-state index in [0.717, 1.165) is 17.7 Å². The number of hydrogen-bond donors (Lipinski definition) is 0. The molecule has 128 valence electrons. The molecule has 1 aromatic carbocycles. The van der Waals surface area contributed by atoms with Crippen molar-refractivity contribution < 1.29 is 8.42 Å². The van der Waals surface area contributed by atoms with Crippen LogP contribution in [0.1, 0.15) is 12.6 Å². The predicted molar refractivity (Wildman–Crippen MR) is 100 cm³/mol. The van der Waals surface area contributed by atoms with Crippen LogP contribution in [-0.4, -0.2) is 24.6 Å². The molecule has 0 N–H and O–H groups in total. The zero-order valence-electron chi connectivity index (χ0n) is 13.9. The van der Waals surface area contributed by atoms with E-state index < -0.39 is 9.84 Å². The standard InChI is InChI=1S/C19H17ClN2O2S/c1-3-15-10-9-14(11-21-15)18-19(25(2,23)24)17(16(20)12-22-18)13-7-5-4-6-8-13/h4-12H,3H2,1-2H3. The van der Waals surface area contributed by atoms with Crippen LogP contribution in [0.25, 0.3) is 22.4 Å². The molecule has 0 aliphatic heterocycles. The van der Waals surface area contributed by atoms with Crippen molar-refractivity contribution in [1.29, 1.82) is 0 Å². The average molecular weight is 373 g/mol. The number of benzene rings is 1. The summed E-state index contributed by atoms with van der Waals surface area (Å²) in [6.07, 6.45) is 5.12. The van der Waals surface area contributed by atoms with E-state index in [1.165, 1.54) is 12.5 Å². The van der Waals surface area contributed by atoms with E-state index in [1.54, 1.807) is 6.20 Å². The number of aromatic nitrogens is 2. The highest BCUT2D eigenvalue weighted by molar-refractivity contribution is 7.91. The first-order valence-electron chi connectivity index (χ1n) is 7.81. The van der Waals surface area contributed by atoms with Crippen LogP contribution < -0.4 is 0 Å². The third-order valence-electron chi connectivity index (χ3n) is 3.88. The highest BCUT2D eigenvalue weighted by Gasteiger charge is 2.24. The van der Waals surface area contributed by atoms with Gasteiger partial charge < -0.3 is 0 Å². The second-order valence-electron chi connectivity index (χ2n) is 5.69. The Labute approximate surface area is 152 Å². The van der Waals surface area contributed by atoms with Crippen LogP contribution in [0.3, 0.4) is 0 Å². The summed E-state index contributed by atoms with van der Waals surface area (Å²) < 4.78 is 25.2. The molecule has 0 aliphatic carbocycles.